The Bertz CT molecular complexity index is 552. The number of carboxylic acid groups (broad SMARTS) is 2. The van der Waals surface area contributed by atoms with Crippen LogP contribution in [0.15, 0.2) is 18.2 Å². The minimum atomic E-state index is -1.63. The number of hydrogen-bond donors (Lipinski definition) is 4. The third-order valence-corrected chi connectivity index (χ3v) is 2.39. The number of benzene rings is 1. The second-order valence-electron chi connectivity index (χ2n) is 3.71. The Kier molecular flexibility index (Phi) is 5.27. The van der Waals surface area contributed by atoms with Crippen LogP contribution in [0.5, 0.6) is 0 Å². The Labute approximate surface area is 117 Å². The molecule has 9 heteroatoms. The summed E-state index contributed by atoms with van der Waals surface area (Å²) in [6, 6.07) is 0.729. The fourth-order valence-electron chi connectivity index (χ4n) is 1.28. The van der Waals surface area contributed by atoms with Crippen molar-refractivity contribution in [3.8, 4) is 0 Å². The molecule has 0 fully saturated rings. The van der Waals surface area contributed by atoms with E-state index in [0.717, 1.165) is 12.1 Å². The second kappa shape index (κ2) is 6.71. The molecule has 0 bridgehead atoms. The Balaban J connectivity index is 2.72. The lowest BCUT2D eigenvalue weighted by molar-refractivity contribution is -0.145. The number of amides is 2. The Morgan fingerprint density at radius 3 is 2.50 bits per heavy atom. The van der Waals surface area contributed by atoms with Crippen molar-refractivity contribution in [3.63, 3.8) is 0 Å². The van der Waals surface area contributed by atoms with Gasteiger partial charge in [0.25, 0.3) is 0 Å². The quantitative estimate of drug-likeness (QED) is 0.658. The van der Waals surface area contributed by atoms with E-state index in [0.29, 0.717) is 0 Å². The van der Waals surface area contributed by atoms with Gasteiger partial charge in [-0.1, -0.05) is 11.6 Å². The van der Waals surface area contributed by atoms with E-state index < -0.39 is 36.2 Å². The van der Waals surface area contributed by atoms with Gasteiger partial charge < -0.3 is 20.8 Å². The summed E-state index contributed by atoms with van der Waals surface area (Å²) >= 11 is 5.62. The van der Waals surface area contributed by atoms with Gasteiger partial charge in [0.05, 0.1) is 12.1 Å². The lowest BCUT2D eigenvalue weighted by Crippen LogP contribution is -2.44. The lowest BCUT2D eigenvalue weighted by Gasteiger charge is -2.13. The maximum atomic E-state index is 13.3. The molecule has 0 aliphatic carbocycles. The summed E-state index contributed by atoms with van der Waals surface area (Å²) in [5.74, 6) is -3.68. The predicted molar refractivity (Wildman–Crippen MR) is 67.2 cm³/mol. The van der Waals surface area contributed by atoms with Crippen LogP contribution in [0.4, 0.5) is 14.9 Å². The van der Waals surface area contributed by atoms with Gasteiger partial charge in [-0.3, -0.25) is 4.79 Å². The van der Waals surface area contributed by atoms with E-state index in [1.165, 1.54) is 6.07 Å². The van der Waals surface area contributed by atoms with Gasteiger partial charge in [0.2, 0.25) is 0 Å². The molecule has 0 saturated carbocycles. The molecule has 1 rings (SSSR count). The van der Waals surface area contributed by atoms with Gasteiger partial charge in [0, 0.05) is 5.02 Å². The normalized spacial score (nSPS) is 11.5. The first-order valence-electron chi connectivity index (χ1n) is 5.26. The molecule has 0 aliphatic rings. The monoisotopic (exact) mass is 304 g/mol. The van der Waals surface area contributed by atoms with Crippen LogP contribution in [0.2, 0.25) is 5.02 Å². The highest BCUT2D eigenvalue weighted by Gasteiger charge is 2.23. The van der Waals surface area contributed by atoms with Crippen molar-refractivity contribution >= 4 is 35.3 Å². The molecule has 108 valence electrons. The SMILES string of the molecule is O=C(O)C[C@@H](NC(=O)Nc1cc(Cl)ccc1F)C(=O)O. The smallest absolute Gasteiger partial charge is 0.326 e. The molecular formula is C11H10ClFN2O5. The number of hydrogen-bond acceptors (Lipinski definition) is 3. The molecule has 2 amide bonds. The molecule has 0 spiro atoms. The van der Waals surface area contributed by atoms with Crippen LogP contribution in [0.25, 0.3) is 0 Å². The van der Waals surface area contributed by atoms with E-state index >= 15 is 0 Å². The Morgan fingerprint density at radius 1 is 1.30 bits per heavy atom. The maximum absolute atomic E-state index is 13.3. The second-order valence-corrected chi connectivity index (χ2v) is 4.15. The molecule has 0 heterocycles. The minimum absolute atomic E-state index is 0.169. The summed E-state index contributed by atoms with van der Waals surface area (Å²) in [6.45, 7) is 0. The summed E-state index contributed by atoms with van der Waals surface area (Å²) in [7, 11) is 0. The maximum Gasteiger partial charge on any atom is 0.326 e. The first-order valence-corrected chi connectivity index (χ1v) is 5.64. The first kappa shape index (κ1) is 15.7. The number of carbonyl (C=O) groups excluding carboxylic acids is 1. The third kappa shape index (κ3) is 4.73. The molecular weight excluding hydrogens is 295 g/mol. The number of anilines is 1. The van der Waals surface area contributed by atoms with Crippen molar-refractivity contribution in [2.24, 2.45) is 0 Å². The van der Waals surface area contributed by atoms with Gasteiger partial charge in [0.15, 0.2) is 0 Å². The van der Waals surface area contributed by atoms with Crippen LogP contribution in [0.1, 0.15) is 6.42 Å². The minimum Gasteiger partial charge on any atom is -0.481 e. The number of rotatable bonds is 5. The molecule has 1 aromatic carbocycles. The van der Waals surface area contributed by atoms with Crippen molar-refractivity contribution in [1.82, 2.24) is 5.32 Å². The molecule has 0 saturated heterocycles. The van der Waals surface area contributed by atoms with Gasteiger partial charge >= 0.3 is 18.0 Å². The molecule has 4 N–H and O–H groups in total. The molecule has 0 aliphatic heterocycles. The number of urea groups is 1. The Morgan fingerprint density at radius 2 is 1.95 bits per heavy atom. The predicted octanol–water partition coefficient (Wildman–Crippen LogP) is 1.53. The van der Waals surface area contributed by atoms with E-state index in [1.807, 2.05) is 10.6 Å². The van der Waals surface area contributed by atoms with E-state index in [9.17, 15) is 18.8 Å². The van der Waals surface area contributed by atoms with Crippen LogP contribution in [0, 0.1) is 5.82 Å². The highest BCUT2D eigenvalue weighted by molar-refractivity contribution is 6.30. The largest absolute Gasteiger partial charge is 0.481 e. The molecule has 0 unspecified atom stereocenters. The van der Waals surface area contributed by atoms with Crippen molar-refractivity contribution in [1.29, 1.82) is 0 Å². The highest BCUT2D eigenvalue weighted by Crippen LogP contribution is 2.19. The topological polar surface area (TPSA) is 116 Å². The fourth-order valence-corrected chi connectivity index (χ4v) is 1.46. The van der Waals surface area contributed by atoms with Crippen molar-refractivity contribution < 1.29 is 29.0 Å². The van der Waals surface area contributed by atoms with Crippen LogP contribution in [0.3, 0.4) is 0 Å². The van der Waals surface area contributed by atoms with Gasteiger partial charge in [-0.2, -0.15) is 0 Å². The van der Waals surface area contributed by atoms with Gasteiger partial charge in [-0.15, -0.1) is 0 Å². The van der Waals surface area contributed by atoms with Crippen molar-refractivity contribution in [2.75, 3.05) is 5.32 Å². The first-order chi connectivity index (χ1) is 9.29. The van der Waals surface area contributed by atoms with Crippen LogP contribution in [-0.2, 0) is 9.59 Å². The zero-order chi connectivity index (χ0) is 15.3. The van der Waals surface area contributed by atoms with E-state index in [1.54, 1.807) is 0 Å². The van der Waals surface area contributed by atoms with E-state index in [-0.39, 0.29) is 10.7 Å². The number of carboxylic acids is 2. The number of aliphatic carboxylic acids is 2. The van der Waals surface area contributed by atoms with Crippen molar-refractivity contribution in [2.45, 2.75) is 12.5 Å². The molecule has 20 heavy (non-hydrogen) atoms. The average Bonchev–Trinajstić information content (AvgIpc) is 2.32. The van der Waals surface area contributed by atoms with Gasteiger partial charge in [-0.25, -0.2) is 14.0 Å². The van der Waals surface area contributed by atoms with Gasteiger partial charge in [0.1, 0.15) is 11.9 Å². The van der Waals surface area contributed by atoms with Gasteiger partial charge in [-0.05, 0) is 18.2 Å². The molecule has 7 nitrogen and oxygen atoms in total. The summed E-state index contributed by atoms with van der Waals surface area (Å²) in [5.41, 5.74) is -0.255. The lowest BCUT2D eigenvalue weighted by atomic mass is 10.2. The van der Waals surface area contributed by atoms with E-state index in [4.69, 9.17) is 21.8 Å². The van der Waals surface area contributed by atoms with Crippen molar-refractivity contribution in [3.05, 3.63) is 29.0 Å². The average molecular weight is 305 g/mol. The standard InChI is InChI=1S/C11H10ClFN2O5/c12-5-1-2-6(13)7(3-5)14-11(20)15-8(10(18)19)4-9(16)17/h1-3,8H,4H2,(H,16,17)(H,18,19)(H2,14,15,20)/t8-/m1/s1. The zero-order valence-electron chi connectivity index (χ0n) is 9.89. The zero-order valence-corrected chi connectivity index (χ0v) is 10.6. The highest BCUT2D eigenvalue weighted by atomic mass is 35.5. The summed E-state index contributed by atoms with van der Waals surface area (Å²) in [5, 5.41) is 21.4. The number of halogens is 2. The number of nitrogens with one attached hydrogen (secondary N) is 2. The summed E-state index contributed by atoms with van der Waals surface area (Å²) < 4.78 is 13.3. The molecule has 0 aromatic heterocycles. The van der Waals surface area contributed by atoms with E-state index in [2.05, 4.69) is 0 Å². The van der Waals surface area contributed by atoms with Crippen LogP contribution >= 0.6 is 11.6 Å². The third-order valence-electron chi connectivity index (χ3n) is 2.16. The molecule has 1 atom stereocenters. The van der Waals surface area contributed by atoms with Crippen LogP contribution < -0.4 is 10.6 Å². The Hall–Kier alpha value is -2.35. The summed E-state index contributed by atoms with van der Waals surface area (Å²) in [6.07, 6.45) is -0.805. The molecule has 1 aromatic rings. The van der Waals surface area contributed by atoms with Crippen LogP contribution in [-0.4, -0.2) is 34.2 Å². The fraction of sp³-hybridized carbons (Fsp3) is 0.182. The summed E-state index contributed by atoms with van der Waals surface area (Å²) in [4.78, 5) is 32.7. The number of carbonyl (C=O) groups is 3. The molecule has 0 radical (unpaired) electrons.